The van der Waals surface area contributed by atoms with Gasteiger partial charge < -0.3 is 20.7 Å². The first-order valence-electron chi connectivity index (χ1n) is 13.7. The highest BCUT2D eigenvalue weighted by molar-refractivity contribution is 6.05. The lowest BCUT2D eigenvalue weighted by atomic mass is 9.89. The molecule has 4 heterocycles. The van der Waals surface area contributed by atoms with Gasteiger partial charge in [-0.15, -0.1) is 0 Å². The SMILES string of the molecule is CN1Cc2c(ccc(NC(=O)c3ccc(=O)n(-c4c(F)cccc4F)n3)c2N2CC(N)C(C)(C)C2)N1C1CCOC1. The summed E-state index contributed by atoms with van der Waals surface area (Å²) >= 11 is 0. The Morgan fingerprint density at radius 3 is 2.54 bits per heavy atom. The molecule has 41 heavy (non-hydrogen) atoms. The van der Waals surface area contributed by atoms with Crippen LogP contribution in [0.1, 0.15) is 36.3 Å². The molecule has 2 unspecified atom stereocenters. The van der Waals surface area contributed by atoms with E-state index in [9.17, 15) is 18.4 Å². The van der Waals surface area contributed by atoms with Gasteiger partial charge in [0.2, 0.25) is 0 Å². The first kappa shape index (κ1) is 27.3. The van der Waals surface area contributed by atoms with Crippen molar-refractivity contribution in [2.24, 2.45) is 11.1 Å². The van der Waals surface area contributed by atoms with Gasteiger partial charge in [-0.1, -0.05) is 19.9 Å². The molecule has 0 aliphatic carbocycles. The summed E-state index contributed by atoms with van der Waals surface area (Å²) in [7, 11) is 2.04. The summed E-state index contributed by atoms with van der Waals surface area (Å²) in [6, 6.07) is 9.54. The van der Waals surface area contributed by atoms with Crippen LogP contribution in [0.5, 0.6) is 0 Å². The summed E-state index contributed by atoms with van der Waals surface area (Å²) in [6.45, 7) is 7.55. The second-order valence-corrected chi connectivity index (χ2v) is 11.6. The molecule has 2 fully saturated rings. The van der Waals surface area contributed by atoms with Gasteiger partial charge in [-0.2, -0.15) is 9.78 Å². The Kier molecular flexibility index (Phi) is 6.79. The lowest BCUT2D eigenvalue weighted by Gasteiger charge is -2.32. The average molecular weight is 566 g/mol. The standard InChI is InChI=1S/C29H33F2N7O3/c1-29(2)16-36(14-24(29)32)26-18-13-35(3)38(17-11-12-41-15-17)23(18)9-7-21(26)33-28(40)22-8-10-25(39)37(34-22)27-19(30)5-4-6-20(27)31/h4-10,17,24H,11-16,32H2,1-3H3,(H,33,40). The molecular weight excluding hydrogens is 532 g/mol. The third-order valence-electron chi connectivity index (χ3n) is 8.28. The fourth-order valence-corrected chi connectivity index (χ4v) is 6.04. The molecule has 3 aliphatic heterocycles. The molecule has 3 N–H and O–H groups in total. The van der Waals surface area contributed by atoms with Crippen LogP contribution in [0.2, 0.25) is 0 Å². The Morgan fingerprint density at radius 1 is 1.12 bits per heavy atom. The average Bonchev–Trinajstić information content (AvgIpc) is 3.62. The van der Waals surface area contributed by atoms with Crippen molar-refractivity contribution in [3.63, 3.8) is 0 Å². The van der Waals surface area contributed by atoms with Gasteiger partial charge in [0, 0.05) is 51.0 Å². The zero-order chi connectivity index (χ0) is 29.1. The maximum atomic E-state index is 14.4. The van der Waals surface area contributed by atoms with Crippen LogP contribution in [0.15, 0.2) is 47.3 Å². The van der Waals surface area contributed by atoms with E-state index in [-0.39, 0.29) is 23.2 Å². The van der Waals surface area contributed by atoms with Gasteiger partial charge in [-0.05, 0) is 42.2 Å². The number of carbonyl (C=O) groups is 1. The quantitative estimate of drug-likeness (QED) is 0.486. The van der Waals surface area contributed by atoms with Gasteiger partial charge in [0.25, 0.3) is 11.5 Å². The van der Waals surface area contributed by atoms with E-state index >= 15 is 0 Å². The molecule has 10 nitrogen and oxygen atoms in total. The number of hydrazine groups is 1. The van der Waals surface area contributed by atoms with Gasteiger partial charge in [0.15, 0.2) is 11.6 Å². The predicted molar refractivity (Wildman–Crippen MR) is 151 cm³/mol. The first-order chi connectivity index (χ1) is 19.5. The monoisotopic (exact) mass is 565 g/mol. The van der Waals surface area contributed by atoms with E-state index < -0.39 is 28.8 Å². The molecule has 0 spiro atoms. The molecule has 12 heteroatoms. The molecule has 3 aromatic rings. The number of carbonyl (C=O) groups excluding carboxylic acids is 1. The maximum absolute atomic E-state index is 14.4. The van der Waals surface area contributed by atoms with E-state index in [0.717, 1.165) is 41.6 Å². The van der Waals surface area contributed by atoms with Crippen LogP contribution >= 0.6 is 0 Å². The summed E-state index contributed by atoms with van der Waals surface area (Å²) in [5.41, 5.74) is 8.35. The Morgan fingerprint density at radius 2 is 1.88 bits per heavy atom. The van der Waals surface area contributed by atoms with Crippen LogP contribution in [0.4, 0.5) is 25.8 Å². The van der Waals surface area contributed by atoms with Gasteiger partial charge in [0.05, 0.1) is 29.7 Å². The summed E-state index contributed by atoms with van der Waals surface area (Å²) in [6.07, 6.45) is 0.920. The molecule has 0 bridgehead atoms. The highest BCUT2D eigenvalue weighted by Gasteiger charge is 2.41. The summed E-state index contributed by atoms with van der Waals surface area (Å²) in [5.74, 6) is -2.55. The molecule has 0 saturated carbocycles. The van der Waals surface area contributed by atoms with Crippen molar-refractivity contribution in [3.8, 4) is 5.69 Å². The Labute approximate surface area is 236 Å². The van der Waals surface area contributed by atoms with E-state index in [2.05, 4.69) is 39.2 Å². The van der Waals surface area contributed by atoms with Gasteiger partial charge >= 0.3 is 0 Å². The Hall–Kier alpha value is -3.87. The number of nitrogens with one attached hydrogen (secondary N) is 1. The Bertz CT molecular complexity index is 1550. The summed E-state index contributed by atoms with van der Waals surface area (Å²) in [5, 5.41) is 11.4. The molecule has 1 aromatic heterocycles. The van der Waals surface area contributed by atoms with Crippen molar-refractivity contribution in [1.82, 2.24) is 14.8 Å². The Balaban J connectivity index is 1.39. The number of hydrogen-bond donors (Lipinski definition) is 2. The lowest BCUT2D eigenvalue weighted by molar-refractivity contribution is 0.102. The van der Waals surface area contributed by atoms with Crippen LogP contribution in [-0.4, -0.2) is 66.1 Å². The molecule has 3 aliphatic rings. The lowest BCUT2D eigenvalue weighted by Crippen LogP contribution is -2.43. The van der Waals surface area contributed by atoms with Gasteiger partial charge in [-0.25, -0.2) is 13.8 Å². The minimum absolute atomic E-state index is 0.0683. The third kappa shape index (κ3) is 4.75. The second-order valence-electron chi connectivity index (χ2n) is 11.6. The largest absolute Gasteiger partial charge is 0.379 e. The van der Waals surface area contributed by atoms with Crippen LogP contribution < -0.4 is 26.5 Å². The smallest absolute Gasteiger partial charge is 0.276 e. The van der Waals surface area contributed by atoms with E-state index in [4.69, 9.17) is 10.5 Å². The van der Waals surface area contributed by atoms with Crippen molar-refractivity contribution < 1.29 is 18.3 Å². The zero-order valence-electron chi connectivity index (χ0n) is 23.2. The number of halogens is 2. The molecule has 2 atom stereocenters. The molecule has 6 rings (SSSR count). The number of ether oxygens (including phenoxy) is 1. The van der Waals surface area contributed by atoms with Crippen LogP contribution in [0.25, 0.3) is 5.69 Å². The van der Waals surface area contributed by atoms with E-state index in [1.165, 1.54) is 12.1 Å². The van der Waals surface area contributed by atoms with E-state index in [1.807, 2.05) is 19.2 Å². The van der Waals surface area contributed by atoms with Crippen molar-refractivity contribution in [3.05, 3.63) is 75.7 Å². The summed E-state index contributed by atoms with van der Waals surface area (Å²) in [4.78, 5) is 28.2. The second kappa shape index (κ2) is 10.2. The normalized spacial score (nSPS) is 21.9. The minimum atomic E-state index is -0.965. The molecular formula is C29H33F2N7O3. The van der Waals surface area contributed by atoms with Crippen molar-refractivity contribution in [2.75, 3.05) is 48.6 Å². The number of rotatable bonds is 5. The van der Waals surface area contributed by atoms with Crippen LogP contribution in [-0.2, 0) is 11.3 Å². The molecule has 1 amide bonds. The van der Waals surface area contributed by atoms with Gasteiger partial charge in [0.1, 0.15) is 11.4 Å². The minimum Gasteiger partial charge on any atom is -0.379 e. The van der Waals surface area contributed by atoms with Crippen molar-refractivity contribution >= 4 is 23.0 Å². The first-order valence-corrected chi connectivity index (χ1v) is 13.7. The zero-order valence-corrected chi connectivity index (χ0v) is 23.2. The molecule has 2 aromatic carbocycles. The highest BCUT2D eigenvalue weighted by atomic mass is 19.1. The van der Waals surface area contributed by atoms with Crippen molar-refractivity contribution in [1.29, 1.82) is 0 Å². The molecule has 2 saturated heterocycles. The number of fused-ring (bicyclic) bond motifs is 1. The van der Waals surface area contributed by atoms with Crippen LogP contribution in [0, 0.1) is 17.0 Å². The van der Waals surface area contributed by atoms with Crippen molar-refractivity contribution in [2.45, 2.75) is 38.9 Å². The highest BCUT2D eigenvalue weighted by Crippen LogP contribution is 2.46. The van der Waals surface area contributed by atoms with Crippen LogP contribution in [0.3, 0.4) is 0 Å². The number of nitrogens with two attached hydrogens (primary N) is 1. The number of nitrogens with zero attached hydrogens (tertiary/aromatic N) is 5. The number of benzene rings is 2. The number of amides is 1. The third-order valence-corrected chi connectivity index (χ3v) is 8.28. The van der Waals surface area contributed by atoms with E-state index in [0.29, 0.717) is 43.2 Å². The predicted octanol–water partition coefficient (Wildman–Crippen LogP) is 2.89. The van der Waals surface area contributed by atoms with E-state index in [1.54, 1.807) is 0 Å². The topological polar surface area (TPSA) is 109 Å². The molecule has 216 valence electrons. The maximum Gasteiger partial charge on any atom is 0.276 e. The number of para-hydroxylation sites is 1. The van der Waals surface area contributed by atoms with Gasteiger partial charge in [-0.3, -0.25) is 14.6 Å². The summed E-state index contributed by atoms with van der Waals surface area (Å²) < 4.78 is 35.1. The number of anilines is 3. The number of aromatic nitrogens is 2. The number of hydrogen-bond acceptors (Lipinski definition) is 8. The molecule has 0 radical (unpaired) electrons. The fourth-order valence-electron chi connectivity index (χ4n) is 6.04. The fraction of sp³-hybridized carbons (Fsp3) is 0.414.